The topological polar surface area (TPSA) is 38.0 Å². The number of aromatic nitrogens is 2. The van der Waals surface area contributed by atoms with Gasteiger partial charge in [0.1, 0.15) is 0 Å². The first-order valence-corrected chi connectivity index (χ1v) is 12.6. The highest BCUT2D eigenvalue weighted by molar-refractivity contribution is 6.30. The Kier molecular flexibility index (Phi) is 5.98. The van der Waals surface area contributed by atoms with Gasteiger partial charge in [-0.1, -0.05) is 59.6 Å². The van der Waals surface area contributed by atoms with Crippen LogP contribution < -0.4 is 0 Å². The van der Waals surface area contributed by atoms with Crippen molar-refractivity contribution in [2.24, 2.45) is 0 Å². The minimum atomic E-state index is 0.594. The molecule has 180 valence electrons. The number of halogens is 2. The normalized spacial score (nSPS) is 10.8. The number of fused-ring (bicyclic) bond motifs is 1. The summed E-state index contributed by atoms with van der Waals surface area (Å²) >= 11 is 12.5. The van der Waals surface area contributed by atoms with E-state index in [0.717, 1.165) is 44.9 Å². The Morgan fingerprint density at radius 3 is 1.42 bits per heavy atom. The summed E-state index contributed by atoms with van der Waals surface area (Å²) in [4.78, 5) is 3.54. The summed E-state index contributed by atoms with van der Waals surface area (Å²) in [5.41, 5.74) is 9.10. The highest BCUT2D eigenvalue weighted by Gasteiger charge is 2.21. The molecule has 0 N–H and O–H groups in total. The molecule has 2 aromatic heterocycles. The van der Waals surface area contributed by atoms with E-state index >= 15 is 0 Å². The summed E-state index contributed by atoms with van der Waals surface area (Å²) in [5, 5.41) is 10.6. The van der Waals surface area contributed by atoms with Crippen molar-refractivity contribution in [2.45, 2.75) is 0 Å². The molecule has 0 aliphatic heterocycles. The van der Waals surface area contributed by atoms with E-state index in [4.69, 9.17) is 29.8 Å². The molecule has 4 nitrogen and oxygen atoms in total. The third kappa shape index (κ3) is 4.13. The van der Waals surface area contributed by atoms with Crippen LogP contribution in [0.15, 0.2) is 109 Å². The van der Waals surface area contributed by atoms with Gasteiger partial charge in [-0.15, -0.1) is 0 Å². The number of nitrogens with zero attached hydrogens (tertiary/aromatic N) is 4. The lowest BCUT2D eigenvalue weighted by atomic mass is 10.1. The van der Waals surface area contributed by atoms with Gasteiger partial charge in [0.25, 0.3) is 0 Å². The van der Waals surface area contributed by atoms with Crippen molar-refractivity contribution in [3.63, 3.8) is 0 Å². The van der Waals surface area contributed by atoms with E-state index in [-0.39, 0.29) is 0 Å². The fourth-order valence-corrected chi connectivity index (χ4v) is 4.99. The molecular weight excluding hydrogens is 511 g/mol. The maximum Gasteiger partial charge on any atom is 0.187 e. The third-order valence-electron chi connectivity index (χ3n) is 6.54. The lowest BCUT2D eigenvalue weighted by molar-refractivity contribution is 1.13. The molecule has 0 bridgehead atoms. The maximum absolute atomic E-state index is 9.30. The van der Waals surface area contributed by atoms with E-state index in [1.807, 2.05) is 97.1 Å². The van der Waals surface area contributed by atoms with Crippen LogP contribution in [0, 0.1) is 17.9 Å². The zero-order chi connectivity index (χ0) is 26.2. The maximum atomic E-state index is 9.30. The van der Waals surface area contributed by atoms with E-state index < -0.39 is 0 Å². The molecule has 0 aliphatic rings. The smallest absolute Gasteiger partial charge is 0.187 e. The molecule has 2 heterocycles. The Bertz CT molecular complexity index is 1720. The van der Waals surface area contributed by atoms with Gasteiger partial charge in [-0.05, 0) is 83.9 Å². The zero-order valence-electron chi connectivity index (χ0n) is 19.9. The van der Waals surface area contributed by atoms with Gasteiger partial charge >= 0.3 is 0 Å². The van der Waals surface area contributed by atoms with Crippen molar-refractivity contribution in [1.29, 1.82) is 5.26 Å². The molecule has 0 spiro atoms. The molecule has 0 atom stereocenters. The molecule has 6 aromatic rings. The first-order chi connectivity index (χ1) is 18.6. The fraction of sp³-hybridized carbons (Fsp3) is 0. The van der Waals surface area contributed by atoms with Gasteiger partial charge in [-0.3, -0.25) is 0 Å². The Morgan fingerprint density at radius 2 is 1.03 bits per heavy atom. The molecule has 0 saturated heterocycles. The SMILES string of the molecule is [C-]#[N+]c1ccc(-c2cc3c(cc(-c4ccc(C#N)cc4)n3-c3ccc(Cl)cc3)n2-c2ccc(Cl)cc2)cc1. The average molecular weight is 529 g/mol. The van der Waals surface area contributed by atoms with Crippen molar-refractivity contribution in [1.82, 2.24) is 9.13 Å². The summed E-state index contributed by atoms with van der Waals surface area (Å²) in [6.45, 7) is 7.32. The van der Waals surface area contributed by atoms with Crippen molar-refractivity contribution in [3.05, 3.63) is 136 Å². The number of hydrogen-bond acceptors (Lipinski definition) is 1. The van der Waals surface area contributed by atoms with E-state index in [1.54, 1.807) is 0 Å². The van der Waals surface area contributed by atoms with Crippen LogP contribution in [-0.4, -0.2) is 9.13 Å². The molecule has 38 heavy (non-hydrogen) atoms. The average Bonchev–Trinajstić information content (AvgIpc) is 3.51. The van der Waals surface area contributed by atoms with Crippen molar-refractivity contribution in [2.75, 3.05) is 0 Å². The summed E-state index contributed by atoms with van der Waals surface area (Å²) in [7, 11) is 0. The molecule has 0 radical (unpaired) electrons. The number of hydrogen-bond donors (Lipinski definition) is 0. The van der Waals surface area contributed by atoms with Gasteiger partial charge in [0.15, 0.2) is 5.69 Å². The van der Waals surface area contributed by atoms with Gasteiger partial charge in [-0.25, -0.2) is 4.85 Å². The number of benzene rings is 4. The molecule has 0 fully saturated rings. The molecular formula is C32H18Cl2N4. The first-order valence-electron chi connectivity index (χ1n) is 11.8. The van der Waals surface area contributed by atoms with Crippen LogP contribution in [0.5, 0.6) is 0 Å². The Balaban J connectivity index is 1.68. The van der Waals surface area contributed by atoms with Crippen LogP contribution in [0.2, 0.25) is 10.0 Å². The molecule has 6 heteroatoms. The van der Waals surface area contributed by atoms with Gasteiger partial charge < -0.3 is 9.13 Å². The monoisotopic (exact) mass is 528 g/mol. The van der Waals surface area contributed by atoms with Gasteiger partial charge in [-0.2, -0.15) is 5.26 Å². The van der Waals surface area contributed by atoms with E-state index in [9.17, 15) is 5.26 Å². The number of nitriles is 1. The van der Waals surface area contributed by atoms with Crippen LogP contribution in [0.3, 0.4) is 0 Å². The van der Waals surface area contributed by atoms with E-state index in [2.05, 4.69) is 32.2 Å². The van der Waals surface area contributed by atoms with Crippen molar-refractivity contribution >= 4 is 39.9 Å². The summed E-state index contributed by atoms with van der Waals surface area (Å²) < 4.78 is 4.41. The standard InChI is InChI=1S/C32H18Cl2N4/c1-36-26-12-6-23(7-13-26)30-19-32-31(38(30)28-16-10-25(34)11-17-28)18-29(22-4-2-21(20-35)3-5-22)37(32)27-14-8-24(33)9-15-27/h2-19H. The van der Waals surface area contributed by atoms with E-state index in [0.29, 0.717) is 21.3 Å². The van der Waals surface area contributed by atoms with Crippen LogP contribution >= 0.6 is 23.2 Å². The number of rotatable bonds is 4. The second-order valence-corrected chi connectivity index (χ2v) is 9.67. The van der Waals surface area contributed by atoms with Crippen LogP contribution in [0.1, 0.15) is 5.56 Å². The Morgan fingerprint density at radius 1 is 0.605 bits per heavy atom. The molecule has 6 rings (SSSR count). The van der Waals surface area contributed by atoms with Crippen LogP contribution in [0.25, 0.3) is 49.8 Å². The largest absolute Gasteiger partial charge is 0.308 e. The van der Waals surface area contributed by atoms with Crippen LogP contribution in [0.4, 0.5) is 5.69 Å². The minimum Gasteiger partial charge on any atom is -0.308 e. The van der Waals surface area contributed by atoms with Gasteiger partial charge in [0, 0.05) is 21.4 Å². The predicted molar refractivity (Wildman–Crippen MR) is 154 cm³/mol. The van der Waals surface area contributed by atoms with Crippen molar-refractivity contribution in [3.8, 4) is 40.0 Å². The first kappa shape index (κ1) is 23.6. The third-order valence-corrected chi connectivity index (χ3v) is 7.05. The highest BCUT2D eigenvalue weighted by atomic mass is 35.5. The van der Waals surface area contributed by atoms with Gasteiger partial charge in [0.05, 0.1) is 40.6 Å². The van der Waals surface area contributed by atoms with Gasteiger partial charge in [0.2, 0.25) is 0 Å². The van der Waals surface area contributed by atoms with Crippen LogP contribution in [-0.2, 0) is 0 Å². The molecule has 0 saturated carbocycles. The highest BCUT2D eigenvalue weighted by Crippen LogP contribution is 2.39. The predicted octanol–water partition coefficient (Wildman–Crippen LogP) is 9.48. The zero-order valence-corrected chi connectivity index (χ0v) is 21.4. The van der Waals surface area contributed by atoms with Crippen molar-refractivity contribution < 1.29 is 0 Å². The quantitative estimate of drug-likeness (QED) is 0.210. The lowest BCUT2D eigenvalue weighted by Crippen LogP contribution is -1.96. The molecule has 0 aliphatic carbocycles. The molecule has 0 unspecified atom stereocenters. The minimum absolute atomic E-state index is 0.594. The Hall–Kier alpha value is -4.74. The second-order valence-electron chi connectivity index (χ2n) is 8.80. The summed E-state index contributed by atoms with van der Waals surface area (Å²) in [5.74, 6) is 0. The summed E-state index contributed by atoms with van der Waals surface area (Å²) in [6.07, 6.45) is 0. The summed E-state index contributed by atoms with van der Waals surface area (Å²) in [6, 6.07) is 37.3. The van der Waals surface area contributed by atoms with E-state index in [1.165, 1.54) is 0 Å². The molecule has 0 amide bonds. The Labute approximate surface area is 230 Å². The fourth-order valence-electron chi connectivity index (χ4n) is 4.74. The molecule has 4 aromatic carbocycles. The lowest BCUT2D eigenvalue weighted by Gasteiger charge is -2.12. The second kappa shape index (κ2) is 9.61.